The summed E-state index contributed by atoms with van der Waals surface area (Å²) < 4.78 is 0. The third-order valence-corrected chi connectivity index (χ3v) is 3.58. The molecule has 1 N–H and O–H groups in total. The quantitative estimate of drug-likeness (QED) is 0.749. The van der Waals surface area contributed by atoms with Crippen molar-refractivity contribution in [1.82, 2.24) is 9.80 Å². The smallest absolute Gasteiger partial charge is 0.0564 e. The van der Waals surface area contributed by atoms with Crippen LogP contribution in [0, 0.1) is 5.92 Å². The van der Waals surface area contributed by atoms with Crippen LogP contribution in [-0.4, -0.2) is 59.8 Å². The zero-order chi connectivity index (χ0) is 10.8. The van der Waals surface area contributed by atoms with Gasteiger partial charge in [-0.05, 0) is 18.8 Å². The average Bonchev–Trinajstić information content (AvgIpc) is 2.12. The normalized spacial score (nSPS) is 27.2. The Bertz CT molecular complexity index is 194. The largest absolute Gasteiger partial charge is 0.393 e. The first-order chi connectivity index (χ1) is 7.15. The fraction of sp³-hybridized carbons (Fsp3) is 1.00. The molecule has 0 atom stereocenters. The number of hydrogen-bond acceptors (Lipinski definition) is 3. The van der Waals surface area contributed by atoms with Crippen molar-refractivity contribution >= 4 is 0 Å². The standard InChI is InChI=1S/C12H24N2O/c1-10(2)7-13-8-11(9-13)14-5-3-12(15)4-6-14/h10-12,15H,3-9H2,1-2H3. The van der Waals surface area contributed by atoms with Gasteiger partial charge in [-0.1, -0.05) is 13.8 Å². The highest BCUT2D eigenvalue weighted by Gasteiger charge is 2.33. The van der Waals surface area contributed by atoms with Crippen LogP contribution in [0.25, 0.3) is 0 Å². The first-order valence-corrected chi connectivity index (χ1v) is 6.29. The van der Waals surface area contributed by atoms with Gasteiger partial charge in [-0.3, -0.25) is 9.80 Å². The van der Waals surface area contributed by atoms with Crippen molar-refractivity contribution in [1.29, 1.82) is 0 Å². The van der Waals surface area contributed by atoms with Gasteiger partial charge in [0.15, 0.2) is 0 Å². The summed E-state index contributed by atoms with van der Waals surface area (Å²) in [6.07, 6.45) is 1.91. The second-order valence-corrected chi connectivity index (χ2v) is 5.53. The van der Waals surface area contributed by atoms with E-state index in [1.807, 2.05) is 0 Å². The molecule has 0 aromatic rings. The molecule has 15 heavy (non-hydrogen) atoms. The van der Waals surface area contributed by atoms with Crippen molar-refractivity contribution in [3.8, 4) is 0 Å². The summed E-state index contributed by atoms with van der Waals surface area (Å²) in [4.78, 5) is 5.10. The molecule has 0 aromatic heterocycles. The Morgan fingerprint density at radius 1 is 1.20 bits per heavy atom. The van der Waals surface area contributed by atoms with Gasteiger partial charge in [0.05, 0.1) is 6.10 Å². The van der Waals surface area contributed by atoms with Crippen LogP contribution in [0.1, 0.15) is 26.7 Å². The molecule has 2 saturated heterocycles. The van der Waals surface area contributed by atoms with Crippen LogP contribution < -0.4 is 0 Å². The van der Waals surface area contributed by atoms with Crippen molar-refractivity contribution in [2.45, 2.75) is 38.8 Å². The first kappa shape index (κ1) is 11.4. The maximum Gasteiger partial charge on any atom is 0.0564 e. The Balaban J connectivity index is 1.66. The van der Waals surface area contributed by atoms with Crippen molar-refractivity contribution in [3.63, 3.8) is 0 Å². The Morgan fingerprint density at radius 3 is 2.33 bits per heavy atom. The predicted molar refractivity (Wildman–Crippen MR) is 61.9 cm³/mol. The van der Waals surface area contributed by atoms with Gasteiger partial charge in [-0.25, -0.2) is 0 Å². The van der Waals surface area contributed by atoms with Crippen molar-refractivity contribution in [2.24, 2.45) is 5.92 Å². The molecule has 0 unspecified atom stereocenters. The zero-order valence-corrected chi connectivity index (χ0v) is 10.0. The van der Waals surface area contributed by atoms with Crippen LogP contribution >= 0.6 is 0 Å². The molecule has 0 radical (unpaired) electrons. The highest BCUT2D eigenvalue weighted by atomic mass is 16.3. The highest BCUT2D eigenvalue weighted by Crippen LogP contribution is 2.20. The van der Waals surface area contributed by atoms with Crippen molar-refractivity contribution in [2.75, 3.05) is 32.7 Å². The lowest BCUT2D eigenvalue weighted by molar-refractivity contribution is -0.00826. The summed E-state index contributed by atoms with van der Waals surface area (Å²) in [5, 5.41) is 9.43. The van der Waals surface area contributed by atoms with E-state index in [9.17, 15) is 5.11 Å². The average molecular weight is 212 g/mol. The van der Waals surface area contributed by atoms with Crippen LogP contribution in [-0.2, 0) is 0 Å². The second kappa shape index (κ2) is 4.81. The molecule has 0 spiro atoms. The van der Waals surface area contributed by atoms with Gasteiger partial charge in [-0.2, -0.15) is 0 Å². The minimum Gasteiger partial charge on any atom is -0.393 e. The number of aliphatic hydroxyl groups excluding tert-OH is 1. The summed E-state index contributed by atoms with van der Waals surface area (Å²) in [5.74, 6) is 0.786. The SMILES string of the molecule is CC(C)CN1CC(N2CCC(O)CC2)C1. The lowest BCUT2D eigenvalue weighted by Gasteiger charge is -2.47. The Hall–Kier alpha value is -0.120. The van der Waals surface area contributed by atoms with E-state index in [-0.39, 0.29) is 6.10 Å². The van der Waals surface area contributed by atoms with E-state index < -0.39 is 0 Å². The molecule has 0 saturated carbocycles. The fourth-order valence-electron chi connectivity index (χ4n) is 2.69. The van der Waals surface area contributed by atoms with Gasteiger partial charge in [0.1, 0.15) is 0 Å². The van der Waals surface area contributed by atoms with Gasteiger partial charge in [0.25, 0.3) is 0 Å². The second-order valence-electron chi connectivity index (χ2n) is 5.53. The molecule has 2 heterocycles. The van der Waals surface area contributed by atoms with E-state index in [2.05, 4.69) is 23.6 Å². The lowest BCUT2D eigenvalue weighted by Crippen LogP contribution is -2.61. The Kier molecular flexibility index (Phi) is 3.65. The van der Waals surface area contributed by atoms with Crippen molar-refractivity contribution < 1.29 is 5.11 Å². The van der Waals surface area contributed by atoms with Crippen molar-refractivity contribution in [3.05, 3.63) is 0 Å². The van der Waals surface area contributed by atoms with E-state index in [4.69, 9.17) is 0 Å². The monoisotopic (exact) mass is 212 g/mol. The molecular weight excluding hydrogens is 188 g/mol. The minimum absolute atomic E-state index is 0.0342. The van der Waals surface area contributed by atoms with Crippen LogP contribution in [0.15, 0.2) is 0 Å². The van der Waals surface area contributed by atoms with Gasteiger partial charge in [0, 0.05) is 38.8 Å². The van der Waals surface area contributed by atoms with Crippen LogP contribution in [0.2, 0.25) is 0 Å². The summed E-state index contributed by atoms with van der Waals surface area (Å²) in [7, 11) is 0. The summed E-state index contributed by atoms with van der Waals surface area (Å²) in [6, 6.07) is 0.774. The predicted octanol–water partition coefficient (Wildman–Crippen LogP) is 0.783. The maximum atomic E-state index is 9.43. The van der Waals surface area contributed by atoms with Gasteiger partial charge >= 0.3 is 0 Å². The molecule has 3 nitrogen and oxygen atoms in total. The van der Waals surface area contributed by atoms with E-state index in [1.54, 1.807) is 0 Å². The topological polar surface area (TPSA) is 26.7 Å². The van der Waals surface area contributed by atoms with Gasteiger partial charge in [0.2, 0.25) is 0 Å². The molecule has 3 heteroatoms. The lowest BCUT2D eigenvalue weighted by atomic mass is 10.0. The number of piperidine rings is 1. The molecule has 2 fully saturated rings. The zero-order valence-electron chi connectivity index (χ0n) is 10.0. The number of aliphatic hydroxyl groups is 1. The number of rotatable bonds is 3. The minimum atomic E-state index is -0.0342. The summed E-state index contributed by atoms with van der Waals surface area (Å²) in [5.41, 5.74) is 0. The maximum absolute atomic E-state index is 9.43. The highest BCUT2D eigenvalue weighted by molar-refractivity contribution is 4.90. The van der Waals surface area contributed by atoms with Crippen LogP contribution in [0.3, 0.4) is 0 Å². The molecule has 88 valence electrons. The molecule has 0 aromatic carbocycles. The number of hydrogen-bond donors (Lipinski definition) is 1. The Morgan fingerprint density at radius 2 is 1.80 bits per heavy atom. The Labute approximate surface area is 93.1 Å². The molecule has 2 aliphatic rings. The molecule has 2 rings (SSSR count). The number of likely N-dealkylation sites (tertiary alicyclic amines) is 2. The van der Waals surface area contributed by atoms with Gasteiger partial charge in [-0.15, -0.1) is 0 Å². The third kappa shape index (κ3) is 2.92. The third-order valence-electron chi connectivity index (χ3n) is 3.58. The fourth-order valence-corrected chi connectivity index (χ4v) is 2.69. The van der Waals surface area contributed by atoms with E-state index in [1.165, 1.54) is 19.6 Å². The van der Waals surface area contributed by atoms with E-state index in [0.717, 1.165) is 37.9 Å². The van der Waals surface area contributed by atoms with Crippen LogP contribution in [0.4, 0.5) is 0 Å². The summed E-state index contributed by atoms with van der Waals surface area (Å²) >= 11 is 0. The van der Waals surface area contributed by atoms with E-state index >= 15 is 0 Å². The summed E-state index contributed by atoms with van der Waals surface area (Å²) in [6.45, 7) is 10.5. The molecule has 0 amide bonds. The molecule has 0 bridgehead atoms. The number of nitrogens with zero attached hydrogens (tertiary/aromatic N) is 2. The molecular formula is C12H24N2O. The van der Waals surface area contributed by atoms with Crippen LogP contribution in [0.5, 0.6) is 0 Å². The first-order valence-electron chi connectivity index (χ1n) is 6.29. The molecule has 2 aliphatic heterocycles. The van der Waals surface area contributed by atoms with Gasteiger partial charge < -0.3 is 5.11 Å². The molecule has 0 aliphatic carbocycles. The van der Waals surface area contributed by atoms with E-state index in [0.29, 0.717) is 0 Å².